The van der Waals surface area contributed by atoms with Crippen molar-refractivity contribution in [3.05, 3.63) is 24.3 Å². The summed E-state index contributed by atoms with van der Waals surface area (Å²) in [6.45, 7) is 2.91. The van der Waals surface area contributed by atoms with Crippen LogP contribution in [-0.4, -0.2) is 25.6 Å². The molecule has 0 aliphatic carbocycles. The second kappa shape index (κ2) is 5.26. The average Bonchev–Trinajstić information content (AvgIpc) is 2.80. The lowest BCUT2D eigenvalue weighted by Crippen LogP contribution is -2.17. The van der Waals surface area contributed by atoms with Crippen LogP contribution in [0.1, 0.15) is 12.8 Å². The second-order valence-electron chi connectivity index (χ2n) is 3.73. The first kappa shape index (κ1) is 10.6. The van der Waals surface area contributed by atoms with E-state index in [0.29, 0.717) is 12.5 Å². The second-order valence-corrected chi connectivity index (χ2v) is 4.11. The van der Waals surface area contributed by atoms with E-state index in [1.165, 1.54) is 31.6 Å². The molecule has 0 atom stereocenters. The molecule has 0 unspecified atom stereocenters. The maximum Gasteiger partial charge on any atom is 0.121 e. The summed E-state index contributed by atoms with van der Waals surface area (Å²) in [5, 5.41) is 0. The lowest BCUT2D eigenvalue weighted by molar-refractivity contribution is 0.343. The van der Waals surface area contributed by atoms with Gasteiger partial charge in [0.1, 0.15) is 12.4 Å². The molecule has 2 nitrogen and oxygen atoms in total. The number of hydrogen-bond acceptors (Lipinski definition) is 2. The zero-order valence-electron chi connectivity index (χ0n) is 8.79. The number of benzene rings is 1. The molecular weight excluding hydrogens is 210 g/mol. The number of ether oxygens (including phenoxy) is 1. The maximum absolute atomic E-state index is 5.58. The van der Waals surface area contributed by atoms with Crippen molar-refractivity contribution in [3.8, 4) is 5.75 Å². The molecule has 1 aliphatic rings. The summed E-state index contributed by atoms with van der Waals surface area (Å²) in [6, 6.07) is 8.25. The van der Waals surface area contributed by atoms with E-state index in [0.717, 1.165) is 5.75 Å². The fourth-order valence-electron chi connectivity index (χ4n) is 1.90. The minimum atomic E-state index is 0.536. The van der Waals surface area contributed by atoms with Crippen molar-refractivity contribution in [1.82, 2.24) is 0 Å². The lowest BCUT2D eigenvalue weighted by atomic mass is 10.3. The molecule has 1 saturated heterocycles. The molecule has 0 saturated carbocycles. The van der Waals surface area contributed by atoms with E-state index < -0.39 is 0 Å². The third-order valence-corrected chi connectivity index (χ3v) is 2.79. The number of alkyl halides is 1. The Bertz CT molecular complexity index is 310. The standard InChI is InChI=1S/C12H16ClNO/c13-6-9-15-12-5-3-4-11(10-12)14-7-1-2-8-14/h3-5,10H,1-2,6-9H2. The summed E-state index contributed by atoms with van der Waals surface area (Å²) in [4.78, 5) is 2.40. The first-order chi connectivity index (χ1) is 7.40. The number of nitrogens with zero attached hydrogens (tertiary/aromatic N) is 1. The van der Waals surface area contributed by atoms with Gasteiger partial charge in [-0.2, -0.15) is 0 Å². The van der Waals surface area contributed by atoms with Gasteiger partial charge < -0.3 is 9.64 Å². The molecule has 0 radical (unpaired) electrons. The topological polar surface area (TPSA) is 12.5 Å². The van der Waals surface area contributed by atoms with Gasteiger partial charge in [0.15, 0.2) is 0 Å². The van der Waals surface area contributed by atoms with E-state index >= 15 is 0 Å². The van der Waals surface area contributed by atoms with Crippen LogP contribution in [0.3, 0.4) is 0 Å². The van der Waals surface area contributed by atoms with Crippen LogP contribution in [0, 0.1) is 0 Å². The summed E-state index contributed by atoms with van der Waals surface area (Å²) < 4.78 is 5.50. The van der Waals surface area contributed by atoms with Gasteiger partial charge in [-0.1, -0.05) is 6.07 Å². The van der Waals surface area contributed by atoms with Gasteiger partial charge in [-0.15, -0.1) is 11.6 Å². The van der Waals surface area contributed by atoms with Crippen LogP contribution in [-0.2, 0) is 0 Å². The molecule has 1 aromatic carbocycles. The Balaban J connectivity index is 2.04. The fraction of sp³-hybridized carbons (Fsp3) is 0.500. The Morgan fingerprint density at radius 1 is 1.27 bits per heavy atom. The highest BCUT2D eigenvalue weighted by molar-refractivity contribution is 6.18. The Hall–Kier alpha value is -0.890. The van der Waals surface area contributed by atoms with E-state index in [2.05, 4.69) is 17.0 Å². The van der Waals surface area contributed by atoms with E-state index in [1.807, 2.05) is 12.1 Å². The molecular formula is C12H16ClNO. The molecule has 0 amide bonds. The van der Waals surface area contributed by atoms with Crippen molar-refractivity contribution in [2.45, 2.75) is 12.8 Å². The molecule has 1 aromatic rings. The van der Waals surface area contributed by atoms with E-state index in [1.54, 1.807) is 0 Å². The van der Waals surface area contributed by atoms with Crippen LogP contribution in [0.25, 0.3) is 0 Å². The quantitative estimate of drug-likeness (QED) is 0.731. The van der Waals surface area contributed by atoms with Crippen LogP contribution in [0.15, 0.2) is 24.3 Å². The smallest absolute Gasteiger partial charge is 0.121 e. The zero-order chi connectivity index (χ0) is 10.5. The van der Waals surface area contributed by atoms with Gasteiger partial charge in [-0.05, 0) is 25.0 Å². The number of rotatable bonds is 4. The highest BCUT2D eigenvalue weighted by Crippen LogP contribution is 2.24. The highest BCUT2D eigenvalue weighted by Gasteiger charge is 2.12. The first-order valence-corrected chi connectivity index (χ1v) is 5.97. The summed E-state index contributed by atoms with van der Waals surface area (Å²) in [6.07, 6.45) is 2.60. The van der Waals surface area contributed by atoms with Crippen molar-refractivity contribution in [1.29, 1.82) is 0 Å². The Morgan fingerprint density at radius 2 is 2.07 bits per heavy atom. The molecule has 15 heavy (non-hydrogen) atoms. The molecule has 0 N–H and O–H groups in total. The summed E-state index contributed by atoms with van der Waals surface area (Å²) in [5.41, 5.74) is 1.26. The van der Waals surface area contributed by atoms with E-state index in [-0.39, 0.29) is 0 Å². The van der Waals surface area contributed by atoms with Crippen molar-refractivity contribution >= 4 is 17.3 Å². The predicted octanol–water partition coefficient (Wildman–Crippen LogP) is 2.90. The molecule has 0 spiro atoms. The van der Waals surface area contributed by atoms with Gasteiger partial charge in [-0.3, -0.25) is 0 Å². The predicted molar refractivity (Wildman–Crippen MR) is 64.1 cm³/mol. The van der Waals surface area contributed by atoms with Gasteiger partial charge in [-0.25, -0.2) is 0 Å². The molecule has 2 rings (SSSR count). The first-order valence-electron chi connectivity index (χ1n) is 5.44. The van der Waals surface area contributed by atoms with Gasteiger partial charge >= 0.3 is 0 Å². The SMILES string of the molecule is ClCCOc1cccc(N2CCCC2)c1. The number of hydrogen-bond donors (Lipinski definition) is 0. The van der Waals surface area contributed by atoms with Crippen molar-refractivity contribution in [2.24, 2.45) is 0 Å². The van der Waals surface area contributed by atoms with Gasteiger partial charge in [0, 0.05) is 24.8 Å². The summed E-state index contributed by atoms with van der Waals surface area (Å²) in [7, 11) is 0. The zero-order valence-corrected chi connectivity index (χ0v) is 9.54. The van der Waals surface area contributed by atoms with Crippen molar-refractivity contribution in [2.75, 3.05) is 30.5 Å². The third kappa shape index (κ3) is 2.78. The third-order valence-electron chi connectivity index (χ3n) is 2.63. The van der Waals surface area contributed by atoms with Crippen LogP contribution in [0.5, 0.6) is 5.75 Å². The fourth-order valence-corrected chi connectivity index (χ4v) is 1.98. The van der Waals surface area contributed by atoms with Crippen LogP contribution < -0.4 is 9.64 Å². The largest absolute Gasteiger partial charge is 0.492 e. The number of halogens is 1. The van der Waals surface area contributed by atoms with Gasteiger partial charge in [0.05, 0.1) is 5.88 Å². The minimum Gasteiger partial charge on any atom is -0.492 e. The summed E-state index contributed by atoms with van der Waals surface area (Å²) in [5.74, 6) is 1.45. The van der Waals surface area contributed by atoms with Crippen LogP contribution in [0.2, 0.25) is 0 Å². The van der Waals surface area contributed by atoms with Crippen molar-refractivity contribution in [3.63, 3.8) is 0 Å². The Morgan fingerprint density at radius 3 is 2.80 bits per heavy atom. The molecule has 82 valence electrons. The molecule has 0 bridgehead atoms. The molecule has 3 heteroatoms. The minimum absolute atomic E-state index is 0.536. The summed E-state index contributed by atoms with van der Waals surface area (Å²) >= 11 is 5.58. The van der Waals surface area contributed by atoms with Gasteiger partial charge in [0.25, 0.3) is 0 Å². The Kier molecular flexibility index (Phi) is 3.73. The lowest BCUT2D eigenvalue weighted by Gasteiger charge is -2.18. The van der Waals surface area contributed by atoms with Gasteiger partial charge in [0.2, 0.25) is 0 Å². The maximum atomic E-state index is 5.58. The normalized spacial score (nSPS) is 15.7. The van der Waals surface area contributed by atoms with Crippen molar-refractivity contribution < 1.29 is 4.74 Å². The van der Waals surface area contributed by atoms with Crippen LogP contribution in [0.4, 0.5) is 5.69 Å². The molecule has 1 heterocycles. The monoisotopic (exact) mass is 225 g/mol. The highest BCUT2D eigenvalue weighted by atomic mass is 35.5. The Labute approximate surface area is 95.8 Å². The molecule has 0 aromatic heterocycles. The van der Waals surface area contributed by atoms with Crippen LogP contribution >= 0.6 is 11.6 Å². The molecule has 1 fully saturated rings. The van der Waals surface area contributed by atoms with E-state index in [9.17, 15) is 0 Å². The number of anilines is 1. The average molecular weight is 226 g/mol. The molecule has 1 aliphatic heterocycles. The van der Waals surface area contributed by atoms with E-state index in [4.69, 9.17) is 16.3 Å².